The summed E-state index contributed by atoms with van der Waals surface area (Å²) in [6.07, 6.45) is 1.20. The van der Waals surface area contributed by atoms with Crippen LogP contribution < -0.4 is 16.0 Å². The molecule has 1 saturated heterocycles. The molecule has 118 valence electrons. The molecule has 2 heterocycles. The Labute approximate surface area is 129 Å². The number of hydrogen-bond donors (Lipinski definition) is 2. The number of carbonyl (C=O) groups is 1. The van der Waals surface area contributed by atoms with Gasteiger partial charge in [0.1, 0.15) is 10.6 Å². The summed E-state index contributed by atoms with van der Waals surface area (Å²) in [7, 11) is 1.73. The molecule has 0 aromatic carbocycles. The van der Waals surface area contributed by atoms with Gasteiger partial charge in [0.2, 0.25) is 0 Å². The normalized spacial score (nSPS) is 22.6. The van der Waals surface area contributed by atoms with Crippen LogP contribution in [0.25, 0.3) is 0 Å². The summed E-state index contributed by atoms with van der Waals surface area (Å²) in [4.78, 5) is 14.5. The van der Waals surface area contributed by atoms with Crippen LogP contribution >= 0.6 is 11.5 Å². The predicted octanol–water partition coefficient (Wildman–Crippen LogP) is 1.72. The SMILES string of the molecule is COC1CN(c2snc(N)c2C(=O)NC(C)C)CCC1C. The van der Waals surface area contributed by atoms with Gasteiger partial charge >= 0.3 is 0 Å². The second-order valence-corrected chi connectivity index (χ2v) is 6.61. The zero-order chi connectivity index (χ0) is 15.6. The van der Waals surface area contributed by atoms with Crippen molar-refractivity contribution in [3.63, 3.8) is 0 Å². The van der Waals surface area contributed by atoms with E-state index in [-0.39, 0.29) is 18.1 Å². The molecule has 1 aromatic rings. The molecule has 0 saturated carbocycles. The van der Waals surface area contributed by atoms with Crippen molar-refractivity contribution in [1.82, 2.24) is 9.69 Å². The molecule has 0 radical (unpaired) electrons. The molecule has 3 N–H and O–H groups in total. The van der Waals surface area contributed by atoms with Gasteiger partial charge < -0.3 is 20.7 Å². The standard InChI is InChI=1S/C14H24N4O2S/c1-8(2)16-13(19)11-12(15)17-21-14(11)18-6-5-9(3)10(7-18)20-4/h8-10H,5-7H2,1-4H3,(H2,15,17)(H,16,19). The number of hydrogen-bond acceptors (Lipinski definition) is 6. The zero-order valence-electron chi connectivity index (χ0n) is 13.0. The van der Waals surface area contributed by atoms with Crippen LogP contribution in [0.2, 0.25) is 0 Å². The number of anilines is 2. The van der Waals surface area contributed by atoms with Gasteiger partial charge in [-0.05, 0) is 37.7 Å². The minimum Gasteiger partial charge on any atom is -0.382 e. The van der Waals surface area contributed by atoms with E-state index in [4.69, 9.17) is 10.5 Å². The highest BCUT2D eigenvalue weighted by Gasteiger charge is 2.31. The van der Waals surface area contributed by atoms with Crippen molar-refractivity contribution in [2.24, 2.45) is 5.92 Å². The molecule has 1 aliphatic rings. The van der Waals surface area contributed by atoms with Crippen molar-refractivity contribution >= 4 is 28.3 Å². The van der Waals surface area contributed by atoms with Gasteiger partial charge in [-0.1, -0.05) is 6.92 Å². The number of nitrogen functional groups attached to an aromatic ring is 1. The number of amides is 1. The highest BCUT2D eigenvalue weighted by molar-refractivity contribution is 7.11. The van der Waals surface area contributed by atoms with Crippen LogP contribution in [0.1, 0.15) is 37.6 Å². The maximum atomic E-state index is 12.3. The second kappa shape index (κ2) is 6.62. The molecule has 6 nitrogen and oxygen atoms in total. The monoisotopic (exact) mass is 312 g/mol. The Hall–Kier alpha value is -1.34. The van der Waals surface area contributed by atoms with Gasteiger partial charge in [0.15, 0.2) is 5.82 Å². The molecule has 1 aromatic heterocycles. The van der Waals surface area contributed by atoms with Crippen LogP contribution in [0.5, 0.6) is 0 Å². The first-order chi connectivity index (χ1) is 9.93. The summed E-state index contributed by atoms with van der Waals surface area (Å²) >= 11 is 1.29. The summed E-state index contributed by atoms with van der Waals surface area (Å²) in [6, 6.07) is 0.0674. The molecule has 0 bridgehead atoms. The fourth-order valence-corrected chi connectivity index (χ4v) is 3.43. The summed E-state index contributed by atoms with van der Waals surface area (Å²) in [6.45, 7) is 7.71. The van der Waals surface area contributed by atoms with Crippen molar-refractivity contribution in [2.75, 3.05) is 30.8 Å². The van der Waals surface area contributed by atoms with Gasteiger partial charge in [-0.15, -0.1) is 0 Å². The largest absolute Gasteiger partial charge is 0.382 e. The minimum absolute atomic E-state index is 0.0674. The first-order valence-electron chi connectivity index (χ1n) is 7.27. The summed E-state index contributed by atoms with van der Waals surface area (Å²) in [5, 5.41) is 3.74. The van der Waals surface area contributed by atoms with Crippen LogP contribution in [0.15, 0.2) is 0 Å². The van der Waals surface area contributed by atoms with Gasteiger partial charge in [0, 0.05) is 26.2 Å². The maximum Gasteiger partial charge on any atom is 0.258 e. The van der Waals surface area contributed by atoms with Crippen molar-refractivity contribution < 1.29 is 9.53 Å². The van der Waals surface area contributed by atoms with E-state index in [1.54, 1.807) is 7.11 Å². The Morgan fingerprint density at radius 2 is 2.29 bits per heavy atom. The average Bonchev–Trinajstić information content (AvgIpc) is 2.80. The van der Waals surface area contributed by atoms with Gasteiger partial charge in [0.05, 0.1) is 6.10 Å². The van der Waals surface area contributed by atoms with E-state index in [1.807, 2.05) is 13.8 Å². The fraction of sp³-hybridized carbons (Fsp3) is 0.714. The molecule has 1 amide bonds. The van der Waals surface area contributed by atoms with Gasteiger partial charge in [0.25, 0.3) is 5.91 Å². The number of nitrogens with one attached hydrogen (secondary N) is 1. The van der Waals surface area contributed by atoms with Crippen LogP contribution in [-0.2, 0) is 4.74 Å². The van der Waals surface area contributed by atoms with Crippen LogP contribution in [0.3, 0.4) is 0 Å². The number of piperidine rings is 1. The zero-order valence-corrected chi connectivity index (χ0v) is 13.9. The number of methoxy groups -OCH3 is 1. The van der Waals surface area contributed by atoms with E-state index in [2.05, 4.69) is 21.5 Å². The smallest absolute Gasteiger partial charge is 0.258 e. The van der Waals surface area contributed by atoms with E-state index in [9.17, 15) is 4.79 Å². The highest BCUT2D eigenvalue weighted by atomic mass is 32.1. The van der Waals surface area contributed by atoms with Crippen LogP contribution in [-0.4, -0.2) is 42.6 Å². The van der Waals surface area contributed by atoms with E-state index in [0.717, 1.165) is 24.5 Å². The Kier molecular flexibility index (Phi) is 5.05. The first-order valence-corrected chi connectivity index (χ1v) is 8.05. The number of nitrogens with zero attached hydrogens (tertiary/aromatic N) is 2. The second-order valence-electron chi connectivity index (χ2n) is 5.86. The third-order valence-electron chi connectivity index (χ3n) is 3.83. The number of nitrogens with two attached hydrogens (primary N) is 1. The van der Waals surface area contributed by atoms with Crippen molar-refractivity contribution in [3.8, 4) is 0 Å². The first kappa shape index (κ1) is 16.0. The van der Waals surface area contributed by atoms with Crippen molar-refractivity contribution in [1.29, 1.82) is 0 Å². The molecule has 0 aliphatic carbocycles. The van der Waals surface area contributed by atoms with E-state index >= 15 is 0 Å². The molecular formula is C14H24N4O2S. The topological polar surface area (TPSA) is 80.5 Å². The fourth-order valence-electron chi connectivity index (χ4n) is 2.58. The van der Waals surface area contributed by atoms with Crippen molar-refractivity contribution in [3.05, 3.63) is 5.56 Å². The highest BCUT2D eigenvalue weighted by Crippen LogP contribution is 2.34. The molecule has 1 aliphatic heterocycles. The van der Waals surface area contributed by atoms with Crippen LogP contribution in [0, 0.1) is 5.92 Å². The lowest BCUT2D eigenvalue weighted by Crippen LogP contribution is -2.44. The van der Waals surface area contributed by atoms with Crippen LogP contribution in [0.4, 0.5) is 10.8 Å². The number of aromatic nitrogens is 1. The third kappa shape index (κ3) is 3.47. The minimum atomic E-state index is -0.154. The summed E-state index contributed by atoms with van der Waals surface area (Å²) in [5.41, 5.74) is 6.40. The molecule has 2 rings (SSSR count). The lowest BCUT2D eigenvalue weighted by atomic mass is 9.96. The molecule has 1 fully saturated rings. The summed E-state index contributed by atoms with van der Waals surface area (Å²) < 4.78 is 9.70. The average molecular weight is 312 g/mol. The summed E-state index contributed by atoms with van der Waals surface area (Å²) in [5.74, 6) is 0.670. The lowest BCUT2D eigenvalue weighted by molar-refractivity contribution is 0.0499. The predicted molar refractivity (Wildman–Crippen MR) is 85.9 cm³/mol. The Morgan fingerprint density at radius 1 is 1.57 bits per heavy atom. The van der Waals surface area contributed by atoms with Gasteiger partial charge in [-0.25, -0.2) is 0 Å². The van der Waals surface area contributed by atoms with E-state index in [1.165, 1.54) is 11.5 Å². The van der Waals surface area contributed by atoms with E-state index in [0.29, 0.717) is 17.3 Å². The number of rotatable bonds is 4. The third-order valence-corrected chi connectivity index (χ3v) is 4.75. The maximum absolute atomic E-state index is 12.3. The van der Waals surface area contributed by atoms with Crippen molar-refractivity contribution in [2.45, 2.75) is 39.3 Å². The Balaban J connectivity index is 2.22. The Morgan fingerprint density at radius 3 is 2.90 bits per heavy atom. The molecule has 7 heteroatoms. The quantitative estimate of drug-likeness (QED) is 0.885. The molecule has 21 heavy (non-hydrogen) atoms. The lowest BCUT2D eigenvalue weighted by Gasteiger charge is -2.36. The molecular weight excluding hydrogens is 288 g/mol. The number of ether oxygens (including phenoxy) is 1. The van der Waals surface area contributed by atoms with E-state index < -0.39 is 0 Å². The molecule has 2 atom stereocenters. The van der Waals surface area contributed by atoms with Gasteiger partial charge in [-0.2, -0.15) is 4.37 Å². The molecule has 0 spiro atoms. The molecule has 2 unspecified atom stereocenters. The Bertz CT molecular complexity index is 503. The van der Waals surface area contributed by atoms with Gasteiger partial charge in [-0.3, -0.25) is 4.79 Å². The number of carbonyl (C=O) groups excluding carboxylic acids is 1.